The van der Waals surface area contributed by atoms with Gasteiger partial charge in [-0.15, -0.1) is 5.10 Å². The second kappa shape index (κ2) is 3.82. The fraction of sp³-hybridized carbons (Fsp3) is 0.250. The van der Waals surface area contributed by atoms with Gasteiger partial charge in [0.25, 0.3) is 0 Å². The molecule has 0 aromatic carbocycles. The molecular formula is C8H9N5O. The van der Waals surface area contributed by atoms with Crippen LogP contribution in [0.1, 0.15) is 10.5 Å². The molecule has 2 aromatic heterocycles. The third-order valence-corrected chi connectivity index (χ3v) is 1.91. The van der Waals surface area contributed by atoms with Crippen molar-refractivity contribution >= 4 is 6.29 Å². The predicted molar refractivity (Wildman–Crippen MR) is 47.6 cm³/mol. The Hall–Kier alpha value is -1.98. The summed E-state index contributed by atoms with van der Waals surface area (Å²) in [7, 11) is 0. The molecule has 72 valence electrons. The predicted octanol–water partition coefficient (Wildman–Crippen LogP) is -0.0127. The Morgan fingerprint density at radius 2 is 2.36 bits per heavy atom. The molecule has 0 N–H and O–H groups in total. The van der Waals surface area contributed by atoms with Crippen LogP contribution < -0.4 is 0 Å². The van der Waals surface area contributed by atoms with Crippen molar-refractivity contribution < 1.29 is 4.79 Å². The van der Waals surface area contributed by atoms with Gasteiger partial charge in [0.2, 0.25) is 0 Å². The lowest BCUT2D eigenvalue weighted by molar-refractivity contribution is 0.111. The van der Waals surface area contributed by atoms with Crippen molar-refractivity contribution in [3.8, 4) is 0 Å². The molecule has 0 aliphatic carbocycles. The number of aromatic nitrogens is 5. The van der Waals surface area contributed by atoms with Crippen LogP contribution in [0.4, 0.5) is 0 Å². The Labute approximate surface area is 80.2 Å². The summed E-state index contributed by atoms with van der Waals surface area (Å²) in [5, 5.41) is 7.50. The van der Waals surface area contributed by atoms with Crippen molar-refractivity contribution in [3.63, 3.8) is 0 Å². The summed E-state index contributed by atoms with van der Waals surface area (Å²) in [6.45, 7) is 1.34. The summed E-state index contributed by atoms with van der Waals surface area (Å²) in [5.74, 6) is 0. The van der Waals surface area contributed by atoms with Crippen molar-refractivity contribution in [3.05, 3.63) is 30.6 Å². The van der Waals surface area contributed by atoms with Gasteiger partial charge >= 0.3 is 0 Å². The van der Waals surface area contributed by atoms with Crippen LogP contribution in [0.2, 0.25) is 0 Å². The topological polar surface area (TPSA) is 65.6 Å². The average Bonchev–Trinajstić information content (AvgIpc) is 2.85. The molecule has 0 unspecified atom stereocenters. The summed E-state index contributed by atoms with van der Waals surface area (Å²) in [5.41, 5.74) is 0.574. The van der Waals surface area contributed by atoms with Crippen LogP contribution in [0.5, 0.6) is 0 Å². The second-order valence-electron chi connectivity index (χ2n) is 2.80. The average molecular weight is 191 g/mol. The van der Waals surface area contributed by atoms with Crippen LogP contribution in [-0.2, 0) is 13.1 Å². The summed E-state index contributed by atoms with van der Waals surface area (Å²) in [6.07, 6.45) is 7.34. The first-order valence-electron chi connectivity index (χ1n) is 4.19. The van der Waals surface area contributed by atoms with Crippen LogP contribution in [0, 0.1) is 0 Å². The fourth-order valence-electron chi connectivity index (χ4n) is 1.18. The highest BCUT2D eigenvalue weighted by Gasteiger charge is 2.00. The van der Waals surface area contributed by atoms with E-state index in [2.05, 4.69) is 15.3 Å². The maximum absolute atomic E-state index is 10.6. The van der Waals surface area contributed by atoms with Crippen molar-refractivity contribution in [2.45, 2.75) is 13.1 Å². The van der Waals surface area contributed by atoms with E-state index in [-0.39, 0.29) is 0 Å². The van der Waals surface area contributed by atoms with Gasteiger partial charge in [0.1, 0.15) is 5.69 Å². The minimum Gasteiger partial charge on any atom is -0.327 e. The standard InChI is InChI=1S/C8H9N5O/c14-6-8-5-9-7-12(8)3-4-13-2-1-10-11-13/h1-2,5-7H,3-4H2. The van der Waals surface area contributed by atoms with E-state index in [0.717, 1.165) is 6.29 Å². The first-order valence-corrected chi connectivity index (χ1v) is 4.19. The number of imidazole rings is 1. The molecule has 0 aliphatic rings. The van der Waals surface area contributed by atoms with E-state index in [1.807, 2.05) is 0 Å². The molecule has 0 atom stereocenters. The normalized spacial score (nSPS) is 10.3. The molecule has 0 amide bonds. The van der Waals surface area contributed by atoms with Gasteiger partial charge in [-0.1, -0.05) is 5.21 Å². The molecule has 0 saturated heterocycles. The highest BCUT2D eigenvalue weighted by atomic mass is 16.1. The van der Waals surface area contributed by atoms with Gasteiger partial charge in [0, 0.05) is 12.7 Å². The van der Waals surface area contributed by atoms with E-state index in [9.17, 15) is 4.79 Å². The number of hydrogen-bond acceptors (Lipinski definition) is 4. The Morgan fingerprint density at radius 1 is 1.43 bits per heavy atom. The van der Waals surface area contributed by atoms with Gasteiger partial charge in [0.05, 0.1) is 25.3 Å². The molecule has 0 spiro atoms. The minimum atomic E-state index is 0.574. The van der Waals surface area contributed by atoms with Crippen LogP contribution >= 0.6 is 0 Å². The molecule has 0 radical (unpaired) electrons. The van der Waals surface area contributed by atoms with E-state index < -0.39 is 0 Å². The van der Waals surface area contributed by atoms with E-state index in [0.29, 0.717) is 18.8 Å². The minimum absolute atomic E-state index is 0.574. The molecule has 0 bridgehead atoms. The molecule has 2 heterocycles. The zero-order valence-corrected chi connectivity index (χ0v) is 7.45. The third-order valence-electron chi connectivity index (χ3n) is 1.91. The van der Waals surface area contributed by atoms with E-state index >= 15 is 0 Å². The zero-order valence-electron chi connectivity index (χ0n) is 7.45. The molecule has 14 heavy (non-hydrogen) atoms. The van der Waals surface area contributed by atoms with E-state index in [1.165, 1.54) is 6.20 Å². The molecular weight excluding hydrogens is 182 g/mol. The van der Waals surface area contributed by atoms with Gasteiger partial charge in [-0.3, -0.25) is 9.48 Å². The van der Waals surface area contributed by atoms with Crippen LogP contribution in [0.25, 0.3) is 0 Å². The number of carbonyl (C=O) groups is 1. The lowest BCUT2D eigenvalue weighted by Crippen LogP contribution is -2.09. The van der Waals surface area contributed by atoms with Crippen LogP contribution in [0.15, 0.2) is 24.9 Å². The van der Waals surface area contributed by atoms with Gasteiger partial charge < -0.3 is 4.57 Å². The van der Waals surface area contributed by atoms with Crippen molar-refractivity contribution in [2.24, 2.45) is 0 Å². The van der Waals surface area contributed by atoms with Gasteiger partial charge in [0.15, 0.2) is 6.29 Å². The number of rotatable bonds is 4. The largest absolute Gasteiger partial charge is 0.327 e. The van der Waals surface area contributed by atoms with Gasteiger partial charge in [-0.05, 0) is 0 Å². The van der Waals surface area contributed by atoms with Crippen LogP contribution in [0.3, 0.4) is 0 Å². The first kappa shape index (κ1) is 8.61. The summed E-state index contributed by atoms with van der Waals surface area (Å²) in [4.78, 5) is 14.4. The SMILES string of the molecule is O=Cc1cncn1CCn1ccnn1. The number of aryl methyl sites for hydroxylation is 2. The fourth-order valence-corrected chi connectivity index (χ4v) is 1.18. The van der Waals surface area contributed by atoms with Crippen molar-refractivity contribution in [1.82, 2.24) is 24.5 Å². The quantitative estimate of drug-likeness (QED) is 0.637. The maximum atomic E-state index is 10.6. The van der Waals surface area contributed by atoms with E-state index in [4.69, 9.17) is 0 Å². The Bertz CT molecular complexity index is 405. The summed E-state index contributed by atoms with van der Waals surface area (Å²) in [6, 6.07) is 0. The first-order chi connectivity index (χ1) is 6.90. The van der Waals surface area contributed by atoms with Crippen molar-refractivity contribution in [1.29, 1.82) is 0 Å². The Morgan fingerprint density at radius 3 is 3.07 bits per heavy atom. The zero-order chi connectivity index (χ0) is 9.80. The molecule has 2 rings (SSSR count). The summed E-state index contributed by atoms with van der Waals surface area (Å²) >= 11 is 0. The smallest absolute Gasteiger partial charge is 0.168 e. The third kappa shape index (κ3) is 1.68. The summed E-state index contributed by atoms with van der Waals surface area (Å²) < 4.78 is 3.48. The lowest BCUT2D eigenvalue weighted by atomic mass is 10.5. The molecule has 2 aromatic rings. The molecule has 0 saturated carbocycles. The molecule has 6 heteroatoms. The van der Waals surface area contributed by atoms with Crippen molar-refractivity contribution in [2.75, 3.05) is 0 Å². The monoisotopic (exact) mass is 191 g/mol. The highest BCUT2D eigenvalue weighted by Crippen LogP contribution is 1.96. The van der Waals surface area contributed by atoms with Gasteiger partial charge in [-0.25, -0.2) is 4.98 Å². The number of carbonyl (C=O) groups excluding carboxylic acids is 1. The lowest BCUT2D eigenvalue weighted by Gasteiger charge is -2.03. The van der Waals surface area contributed by atoms with E-state index in [1.54, 1.807) is 28.0 Å². The van der Waals surface area contributed by atoms with Gasteiger partial charge in [-0.2, -0.15) is 0 Å². The second-order valence-corrected chi connectivity index (χ2v) is 2.80. The number of nitrogens with zero attached hydrogens (tertiary/aromatic N) is 5. The van der Waals surface area contributed by atoms with Crippen LogP contribution in [-0.4, -0.2) is 30.8 Å². The highest BCUT2D eigenvalue weighted by molar-refractivity contribution is 5.71. The number of aldehydes is 1. The Balaban J connectivity index is 2.01. The number of hydrogen-bond donors (Lipinski definition) is 0. The molecule has 0 fully saturated rings. The Kier molecular flexibility index (Phi) is 2.35. The maximum Gasteiger partial charge on any atom is 0.168 e. The molecule has 6 nitrogen and oxygen atoms in total. The molecule has 0 aliphatic heterocycles.